The summed E-state index contributed by atoms with van der Waals surface area (Å²) in [4.78, 5) is 15.6. The second kappa shape index (κ2) is 7.18. The Hall–Kier alpha value is -4.32. The number of nitriles is 1. The lowest BCUT2D eigenvalue weighted by Gasteiger charge is -2.25. The van der Waals surface area contributed by atoms with E-state index < -0.39 is 0 Å². The SMILES string of the molecule is Cc1nnc2n1-c1ccc(-c3cnc(N)cn3)nc1N(c1ccc(C#N)cc1)CC2C. The molecule has 0 amide bonds. The fourth-order valence-electron chi connectivity index (χ4n) is 3.81. The summed E-state index contributed by atoms with van der Waals surface area (Å²) in [5, 5.41) is 17.9. The minimum absolute atomic E-state index is 0.103. The van der Waals surface area contributed by atoms with E-state index in [1.807, 2.05) is 43.3 Å². The highest BCUT2D eigenvalue weighted by molar-refractivity contribution is 5.73. The molecule has 0 fully saturated rings. The van der Waals surface area contributed by atoms with Crippen LogP contribution in [0.2, 0.25) is 0 Å². The van der Waals surface area contributed by atoms with Crippen LogP contribution < -0.4 is 10.6 Å². The number of rotatable bonds is 2. The van der Waals surface area contributed by atoms with E-state index in [2.05, 4.69) is 42.6 Å². The fourth-order valence-corrected chi connectivity index (χ4v) is 3.81. The summed E-state index contributed by atoms with van der Waals surface area (Å²) in [7, 11) is 0. The van der Waals surface area contributed by atoms with Crippen LogP contribution in [0.1, 0.15) is 30.1 Å². The summed E-state index contributed by atoms with van der Waals surface area (Å²) in [5.74, 6) is 2.90. The maximum atomic E-state index is 9.17. The summed E-state index contributed by atoms with van der Waals surface area (Å²) in [6.07, 6.45) is 3.13. The van der Waals surface area contributed by atoms with Crippen LogP contribution in [0.25, 0.3) is 17.1 Å². The first kappa shape index (κ1) is 18.7. The first-order valence-electron chi connectivity index (χ1n) is 9.84. The van der Waals surface area contributed by atoms with Gasteiger partial charge in [-0.2, -0.15) is 5.26 Å². The van der Waals surface area contributed by atoms with Gasteiger partial charge in [-0.3, -0.25) is 4.57 Å². The monoisotopic (exact) mass is 409 g/mol. The van der Waals surface area contributed by atoms with Crippen LogP contribution in [0.15, 0.2) is 48.8 Å². The standard InChI is InChI=1S/C22H19N9/c1-13-12-30(16-5-3-15(9-23)4-6-16)22-19(31-14(2)28-29-21(13)31)8-7-17(27-22)18-10-26-20(24)11-25-18/h3-8,10-11,13H,12H2,1-2H3,(H2,24,26). The van der Waals surface area contributed by atoms with E-state index in [1.165, 1.54) is 6.20 Å². The lowest BCUT2D eigenvalue weighted by Crippen LogP contribution is -2.23. The molecular weight excluding hydrogens is 390 g/mol. The molecule has 0 saturated heterocycles. The van der Waals surface area contributed by atoms with Crippen LogP contribution >= 0.6 is 0 Å². The quantitative estimate of drug-likeness (QED) is 0.536. The summed E-state index contributed by atoms with van der Waals surface area (Å²) in [6.45, 7) is 4.71. The third-order valence-corrected chi connectivity index (χ3v) is 5.34. The molecule has 31 heavy (non-hydrogen) atoms. The Morgan fingerprint density at radius 2 is 1.84 bits per heavy atom. The van der Waals surface area contributed by atoms with Crippen molar-refractivity contribution in [3.63, 3.8) is 0 Å². The molecular formula is C22H19N9. The maximum absolute atomic E-state index is 9.17. The predicted octanol–water partition coefficient (Wildman–Crippen LogP) is 3.14. The van der Waals surface area contributed by atoms with Gasteiger partial charge in [0, 0.05) is 18.2 Å². The fraction of sp³-hybridized carbons (Fsp3) is 0.182. The minimum atomic E-state index is 0.103. The number of aryl methyl sites for hydroxylation is 1. The third kappa shape index (κ3) is 3.14. The molecule has 0 radical (unpaired) electrons. The van der Waals surface area contributed by atoms with E-state index in [0.29, 0.717) is 29.3 Å². The summed E-state index contributed by atoms with van der Waals surface area (Å²) >= 11 is 0. The summed E-state index contributed by atoms with van der Waals surface area (Å²) < 4.78 is 2.05. The average molecular weight is 409 g/mol. The van der Waals surface area contributed by atoms with E-state index >= 15 is 0 Å². The van der Waals surface area contributed by atoms with Crippen molar-refractivity contribution in [1.29, 1.82) is 5.26 Å². The molecule has 1 aromatic carbocycles. The normalized spacial score (nSPS) is 15.0. The number of hydrogen-bond donors (Lipinski definition) is 1. The Kier molecular flexibility index (Phi) is 4.33. The average Bonchev–Trinajstić information content (AvgIpc) is 3.13. The molecule has 1 unspecified atom stereocenters. The highest BCUT2D eigenvalue weighted by atomic mass is 15.3. The number of anilines is 3. The molecule has 1 aliphatic heterocycles. The second-order valence-corrected chi connectivity index (χ2v) is 7.48. The molecule has 1 atom stereocenters. The number of hydrogen-bond acceptors (Lipinski definition) is 8. The van der Waals surface area contributed by atoms with Crippen LogP contribution in [-0.2, 0) is 0 Å². The number of nitrogens with zero attached hydrogens (tertiary/aromatic N) is 8. The Morgan fingerprint density at radius 1 is 1.03 bits per heavy atom. The number of nitrogens with two attached hydrogens (primary N) is 1. The number of fused-ring (bicyclic) bond motifs is 3. The van der Waals surface area contributed by atoms with E-state index in [-0.39, 0.29) is 5.92 Å². The highest BCUT2D eigenvalue weighted by Gasteiger charge is 2.29. The van der Waals surface area contributed by atoms with E-state index in [4.69, 9.17) is 10.7 Å². The van der Waals surface area contributed by atoms with E-state index in [0.717, 1.165) is 28.8 Å². The summed E-state index contributed by atoms with van der Waals surface area (Å²) in [6, 6.07) is 13.6. The Morgan fingerprint density at radius 3 is 2.55 bits per heavy atom. The van der Waals surface area contributed by atoms with Crippen molar-refractivity contribution in [3.8, 4) is 23.1 Å². The van der Waals surface area contributed by atoms with Gasteiger partial charge in [0.05, 0.1) is 35.4 Å². The van der Waals surface area contributed by atoms with Crippen LogP contribution in [-0.4, -0.2) is 36.3 Å². The first-order chi connectivity index (χ1) is 15.0. The largest absolute Gasteiger partial charge is 0.382 e. The van der Waals surface area contributed by atoms with Crippen molar-refractivity contribution in [1.82, 2.24) is 29.7 Å². The zero-order valence-corrected chi connectivity index (χ0v) is 17.1. The Labute approximate surface area is 178 Å². The zero-order valence-electron chi connectivity index (χ0n) is 17.1. The topological polar surface area (TPSA) is 122 Å². The van der Waals surface area contributed by atoms with Crippen LogP contribution in [0.5, 0.6) is 0 Å². The predicted molar refractivity (Wildman–Crippen MR) is 116 cm³/mol. The molecule has 1 aliphatic rings. The molecule has 4 heterocycles. The molecule has 4 aromatic rings. The molecule has 9 nitrogen and oxygen atoms in total. The minimum Gasteiger partial charge on any atom is -0.382 e. The van der Waals surface area contributed by atoms with Gasteiger partial charge in [-0.05, 0) is 43.3 Å². The molecule has 0 bridgehead atoms. The number of benzene rings is 1. The van der Waals surface area contributed by atoms with Crippen molar-refractivity contribution in [3.05, 3.63) is 66.0 Å². The third-order valence-electron chi connectivity index (χ3n) is 5.34. The van der Waals surface area contributed by atoms with Crippen LogP contribution in [0.4, 0.5) is 17.3 Å². The molecule has 2 N–H and O–H groups in total. The molecule has 152 valence electrons. The van der Waals surface area contributed by atoms with E-state index in [9.17, 15) is 5.26 Å². The van der Waals surface area contributed by atoms with Gasteiger partial charge in [0.1, 0.15) is 23.2 Å². The summed E-state index contributed by atoms with van der Waals surface area (Å²) in [5.41, 5.74) is 9.45. The molecule has 0 saturated carbocycles. The molecule has 0 spiro atoms. The van der Waals surface area contributed by atoms with Crippen molar-refractivity contribution < 1.29 is 0 Å². The van der Waals surface area contributed by atoms with Gasteiger partial charge in [-0.1, -0.05) is 6.92 Å². The number of nitrogen functional groups attached to an aromatic ring is 1. The van der Waals surface area contributed by atoms with Crippen LogP contribution in [0.3, 0.4) is 0 Å². The zero-order chi connectivity index (χ0) is 21.5. The van der Waals surface area contributed by atoms with Gasteiger partial charge in [-0.15, -0.1) is 10.2 Å². The lowest BCUT2D eigenvalue weighted by atomic mass is 10.1. The van der Waals surface area contributed by atoms with E-state index in [1.54, 1.807) is 6.20 Å². The van der Waals surface area contributed by atoms with Gasteiger partial charge in [-0.25, -0.2) is 15.0 Å². The van der Waals surface area contributed by atoms with Gasteiger partial charge in [0.2, 0.25) is 0 Å². The van der Waals surface area contributed by atoms with Crippen molar-refractivity contribution in [2.45, 2.75) is 19.8 Å². The highest BCUT2D eigenvalue weighted by Crippen LogP contribution is 2.38. The smallest absolute Gasteiger partial charge is 0.158 e. The number of aromatic nitrogens is 6. The number of pyridine rings is 1. The van der Waals surface area contributed by atoms with Gasteiger partial charge in [0.25, 0.3) is 0 Å². The van der Waals surface area contributed by atoms with Crippen molar-refractivity contribution >= 4 is 17.3 Å². The molecule has 3 aromatic heterocycles. The second-order valence-electron chi connectivity index (χ2n) is 7.48. The Balaban J connectivity index is 1.72. The maximum Gasteiger partial charge on any atom is 0.158 e. The lowest BCUT2D eigenvalue weighted by molar-refractivity contribution is 0.694. The van der Waals surface area contributed by atoms with Gasteiger partial charge < -0.3 is 10.6 Å². The molecule has 9 heteroatoms. The Bertz CT molecular complexity index is 1300. The molecule has 5 rings (SSSR count). The van der Waals surface area contributed by atoms with Crippen molar-refractivity contribution in [2.75, 3.05) is 17.2 Å². The van der Waals surface area contributed by atoms with Crippen molar-refractivity contribution in [2.24, 2.45) is 0 Å². The first-order valence-corrected chi connectivity index (χ1v) is 9.84. The van der Waals surface area contributed by atoms with Gasteiger partial charge in [0.15, 0.2) is 5.82 Å². The molecule has 0 aliphatic carbocycles. The van der Waals surface area contributed by atoms with Gasteiger partial charge >= 0.3 is 0 Å². The van der Waals surface area contributed by atoms with Crippen LogP contribution in [0, 0.1) is 18.3 Å².